The van der Waals surface area contributed by atoms with Crippen molar-refractivity contribution in [2.24, 2.45) is 0 Å². The van der Waals surface area contributed by atoms with Crippen molar-refractivity contribution in [1.29, 1.82) is 0 Å². The number of nitrogens with one attached hydrogen (secondary N) is 1. The lowest BCUT2D eigenvalue weighted by molar-refractivity contribution is -0.384. The molecule has 10 heteroatoms. The van der Waals surface area contributed by atoms with Gasteiger partial charge in [0.25, 0.3) is 5.69 Å². The fraction of sp³-hybridized carbons (Fsp3) is 0.462. The van der Waals surface area contributed by atoms with Crippen molar-refractivity contribution < 1.29 is 27.7 Å². The van der Waals surface area contributed by atoms with Gasteiger partial charge in [0.1, 0.15) is 5.69 Å². The third kappa shape index (κ3) is 4.24. The summed E-state index contributed by atoms with van der Waals surface area (Å²) in [6, 6.07) is 1.83. The van der Waals surface area contributed by atoms with Crippen molar-refractivity contribution in [3.05, 3.63) is 33.9 Å². The minimum Gasteiger partial charge on any atom is -0.324 e. The third-order valence-corrected chi connectivity index (χ3v) is 3.38. The van der Waals surface area contributed by atoms with Gasteiger partial charge in [0.15, 0.2) is 0 Å². The molecule has 1 aromatic rings. The van der Waals surface area contributed by atoms with Crippen LogP contribution in [-0.2, 0) is 11.0 Å². The van der Waals surface area contributed by atoms with Gasteiger partial charge in [0, 0.05) is 19.2 Å². The molecule has 7 nitrogen and oxygen atoms in total. The van der Waals surface area contributed by atoms with E-state index in [1.54, 1.807) is 0 Å². The Kier molecular flexibility index (Phi) is 4.92. The number of carbonyl (C=O) groups is 1. The molecule has 1 amide bonds. The number of halogens is 3. The highest BCUT2D eigenvalue weighted by Crippen LogP contribution is 2.34. The maximum atomic E-state index is 12.7. The molecule has 0 spiro atoms. The molecule has 0 aliphatic carbocycles. The average Bonchev–Trinajstić information content (AvgIpc) is 2.52. The first-order valence-electron chi connectivity index (χ1n) is 6.86. The molecule has 1 heterocycles. The number of hydrogen-bond donors (Lipinski definition) is 1. The second-order valence-corrected chi connectivity index (χ2v) is 5.00. The topological polar surface area (TPSA) is 84.7 Å². The third-order valence-electron chi connectivity index (χ3n) is 3.38. The SMILES string of the molecule is O=C(ONc1cc(C(F)(F)F)ccc1[N+](=O)[O-])N1CCCCC1. The van der Waals surface area contributed by atoms with Crippen molar-refractivity contribution >= 4 is 17.5 Å². The number of nitro benzene ring substituents is 1. The van der Waals surface area contributed by atoms with E-state index >= 15 is 0 Å². The number of rotatable bonds is 3. The second kappa shape index (κ2) is 6.71. The van der Waals surface area contributed by atoms with Gasteiger partial charge in [-0.05, 0) is 31.4 Å². The van der Waals surface area contributed by atoms with E-state index in [0.29, 0.717) is 31.3 Å². The highest BCUT2D eigenvalue weighted by Gasteiger charge is 2.32. The molecular formula is C13H14F3N3O4. The molecule has 1 N–H and O–H groups in total. The zero-order valence-electron chi connectivity index (χ0n) is 11.9. The Morgan fingerprint density at radius 2 is 1.91 bits per heavy atom. The molecule has 1 saturated heterocycles. The molecule has 1 aliphatic heterocycles. The summed E-state index contributed by atoms with van der Waals surface area (Å²) in [5, 5.41) is 10.9. The number of carbonyl (C=O) groups excluding carboxylic acids is 1. The van der Waals surface area contributed by atoms with Gasteiger partial charge in [-0.2, -0.15) is 13.2 Å². The fourth-order valence-corrected chi connectivity index (χ4v) is 2.19. The van der Waals surface area contributed by atoms with Crippen LogP contribution in [-0.4, -0.2) is 29.0 Å². The smallest absolute Gasteiger partial charge is 0.324 e. The first kappa shape index (κ1) is 16.8. The van der Waals surface area contributed by atoms with E-state index in [0.717, 1.165) is 19.3 Å². The van der Waals surface area contributed by atoms with Crippen LogP contribution in [0.4, 0.5) is 29.3 Å². The lowest BCUT2D eigenvalue weighted by Crippen LogP contribution is -2.37. The van der Waals surface area contributed by atoms with Crippen LogP contribution in [0, 0.1) is 10.1 Å². The van der Waals surface area contributed by atoms with Crippen LogP contribution in [0.1, 0.15) is 24.8 Å². The molecule has 0 unspecified atom stereocenters. The van der Waals surface area contributed by atoms with Gasteiger partial charge in [-0.25, -0.2) is 10.3 Å². The van der Waals surface area contributed by atoms with E-state index in [9.17, 15) is 28.1 Å². The normalized spacial score (nSPS) is 15.2. The summed E-state index contributed by atoms with van der Waals surface area (Å²) in [5.41, 5.74) is -0.266. The molecule has 0 bridgehead atoms. The predicted molar refractivity (Wildman–Crippen MR) is 73.6 cm³/mol. The minimum absolute atomic E-state index is 0.477. The van der Waals surface area contributed by atoms with E-state index in [1.165, 1.54) is 4.90 Å². The van der Waals surface area contributed by atoms with Crippen LogP contribution in [0.3, 0.4) is 0 Å². The molecule has 0 aromatic heterocycles. The van der Waals surface area contributed by atoms with Crippen LogP contribution in [0.2, 0.25) is 0 Å². The standard InChI is InChI=1S/C13H14F3N3O4/c14-13(15,16)9-4-5-11(19(21)22)10(8-9)17-23-12(20)18-6-2-1-3-7-18/h4-5,8,17H,1-3,6-7H2. The minimum atomic E-state index is -4.66. The summed E-state index contributed by atoms with van der Waals surface area (Å²) in [5.74, 6) is 0. The predicted octanol–water partition coefficient (Wildman–Crippen LogP) is 3.56. The molecule has 0 atom stereocenters. The number of amides is 1. The first-order valence-corrected chi connectivity index (χ1v) is 6.86. The van der Waals surface area contributed by atoms with E-state index in [1.807, 2.05) is 5.48 Å². The lowest BCUT2D eigenvalue weighted by Gasteiger charge is -2.25. The van der Waals surface area contributed by atoms with Crippen molar-refractivity contribution in [1.82, 2.24) is 4.90 Å². The summed E-state index contributed by atoms with van der Waals surface area (Å²) in [6.45, 7) is 0.955. The Morgan fingerprint density at radius 3 is 2.48 bits per heavy atom. The number of alkyl halides is 3. The van der Waals surface area contributed by atoms with Crippen LogP contribution in [0.15, 0.2) is 18.2 Å². The largest absolute Gasteiger partial charge is 0.434 e. The first-order chi connectivity index (χ1) is 10.8. The van der Waals surface area contributed by atoms with Crippen LogP contribution < -0.4 is 5.48 Å². The summed E-state index contributed by atoms with van der Waals surface area (Å²) in [7, 11) is 0. The second-order valence-electron chi connectivity index (χ2n) is 5.00. The van der Waals surface area contributed by atoms with Crippen molar-refractivity contribution in [2.45, 2.75) is 25.4 Å². The highest BCUT2D eigenvalue weighted by atomic mass is 19.4. The molecule has 0 radical (unpaired) electrons. The summed E-state index contributed by atoms with van der Waals surface area (Å²) in [4.78, 5) is 27.9. The molecule has 1 aliphatic rings. The molecular weight excluding hydrogens is 319 g/mol. The van der Waals surface area contributed by atoms with Crippen LogP contribution in [0.5, 0.6) is 0 Å². The monoisotopic (exact) mass is 333 g/mol. The number of piperidine rings is 1. The van der Waals surface area contributed by atoms with Crippen molar-refractivity contribution in [3.8, 4) is 0 Å². The maximum Gasteiger partial charge on any atom is 0.434 e. The molecule has 2 rings (SSSR count). The van der Waals surface area contributed by atoms with Crippen LogP contribution in [0.25, 0.3) is 0 Å². The van der Waals surface area contributed by atoms with Crippen molar-refractivity contribution in [2.75, 3.05) is 18.6 Å². The highest BCUT2D eigenvalue weighted by molar-refractivity contribution is 5.70. The van der Waals surface area contributed by atoms with Gasteiger partial charge in [-0.3, -0.25) is 10.1 Å². The van der Waals surface area contributed by atoms with Gasteiger partial charge in [0.2, 0.25) is 0 Å². The zero-order chi connectivity index (χ0) is 17.0. The number of benzene rings is 1. The number of anilines is 1. The number of likely N-dealkylation sites (tertiary alicyclic amines) is 1. The van der Waals surface area contributed by atoms with Gasteiger partial charge in [-0.15, -0.1) is 0 Å². The van der Waals surface area contributed by atoms with E-state index < -0.39 is 34.1 Å². The summed E-state index contributed by atoms with van der Waals surface area (Å²) >= 11 is 0. The lowest BCUT2D eigenvalue weighted by atomic mass is 10.1. The zero-order valence-corrected chi connectivity index (χ0v) is 11.9. The number of hydrogen-bond acceptors (Lipinski definition) is 5. The Bertz CT molecular complexity index is 601. The fourth-order valence-electron chi connectivity index (χ4n) is 2.19. The Morgan fingerprint density at radius 1 is 1.26 bits per heavy atom. The maximum absolute atomic E-state index is 12.7. The van der Waals surface area contributed by atoms with Crippen molar-refractivity contribution in [3.63, 3.8) is 0 Å². The Labute approximate surface area is 129 Å². The van der Waals surface area contributed by atoms with Gasteiger partial charge in [-0.1, -0.05) is 0 Å². The Balaban J connectivity index is 2.13. The number of nitro groups is 1. The van der Waals surface area contributed by atoms with Gasteiger partial charge in [0.05, 0.1) is 10.5 Å². The molecule has 23 heavy (non-hydrogen) atoms. The Hall–Kier alpha value is -2.52. The van der Waals surface area contributed by atoms with E-state index in [-0.39, 0.29) is 0 Å². The van der Waals surface area contributed by atoms with E-state index in [2.05, 4.69) is 0 Å². The molecule has 1 aromatic carbocycles. The summed E-state index contributed by atoms with van der Waals surface area (Å²) < 4.78 is 38.0. The van der Waals surface area contributed by atoms with Crippen LogP contribution >= 0.6 is 0 Å². The van der Waals surface area contributed by atoms with Gasteiger partial charge < -0.3 is 9.74 Å². The summed E-state index contributed by atoms with van der Waals surface area (Å²) in [6.07, 6.45) is -2.85. The quantitative estimate of drug-likeness (QED) is 0.675. The average molecular weight is 333 g/mol. The molecule has 126 valence electrons. The molecule has 0 saturated carbocycles. The molecule has 1 fully saturated rings. The van der Waals surface area contributed by atoms with Gasteiger partial charge >= 0.3 is 12.3 Å². The number of nitrogens with zero attached hydrogens (tertiary/aromatic N) is 2. The van der Waals surface area contributed by atoms with E-state index in [4.69, 9.17) is 4.84 Å².